The highest BCUT2D eigenvalue weighted by Gasteiger charge is 2.28. The molecular formula is C13H15N3O4. The van der Waals surface area contributed by atoms with Crippen molar-refractivity contribution in [2.75, 3.05) is 0 Å². The quantitative estimate of drug-likeness (QED) is 0.684. The SMILES string of the molecule is Cc1nn(C(C)C)c(Oc2cccc(O)c2)c1[N+](=O)[O-]. The van der Waals surface area contributed by atoms with Crippen molar-refractivity contribution in [2.45, 2.75) is 26.8 Å². The molecule has 2 rings (SSSR count). The fourth-order valence-corrected chi connectivity index (χ4v) is 1.83. The Bertz CT molecular complexity index is 649. The lowest BCUT2D eigenvalue weighted by atomic mass is 10.3. The van der Waals surface area contributed by atoms with Gasteiger partial charge in [0.25, 0.3) is 5.88 Å². The van der Waals surface area contributed by atoms with Crippen LogP contribution in [0, 0.1) is 17.0 Å². The van der Waals surface area contributed by atoms with Gasteiger partial charge < -0.3 is 9.84 Å². The van der Waals surface area contributed by atoms with Crippen molar-refractivity contribution in [3.05, 3.63) is 40.1 Å². The molecule has 1 aromatic carbocycles. The maximum absolute atomic E-state index is 11.2. The topological polar surface area (TPSA) is 90.4 Å². The van der Waals surface area contributed by atoms with E-state index in [1.165, 1.54) is 16.8 Å². The minimum Gasteiger partial charge on any atom is -0.508 e. The second-order valence-electron chi connectivity index (χ2n) is 4.63. The Labute approximate surface area is 115 Å². The summed E-state index contributed by atoms with van der Waals surface area (Å²) in [4.78, 5) is 10.6. The molecule has 0 amide bonds. The number of phenols is 1. The summed E-state index contributed by atoms with van der Waals surface area (Å²) < 4.78 is 7.02. The average molecular weight is 277 g/mol. The van der Waals surface area contributed by atoms with Gasteiger partial charge in [-0.2, -0.15) is 5.10 Å². The van der Waals surface area contributed by atoms with Gasteiger partial charge >= 0.3 is 5.69 Å². The molecule has 106 valence electrons. The molecule has 0 unspecified atom stereocenters. The molecule has 0 radical (unpaired) electrons. The summed E-state index contributed by atoms with van der Waals surface area (Å²) in [6.07, 6.45) is 0. The van der Waals surface area contributed by atoms with E-state index >= 15 is 0 Å². The van der Waals surface area contributed by atoms with Crippen LogP contribution in [0.25, 0.3) is 0 Å². The minimum absolute atomic E-state index is 0.0255. The van der Waals surface area contributed by atoms with E-state index in [0.717, 1.165) is 0 Å². The molecular weight excluding hydrogens is 262 g/mol. The van der Waals surface area contributed by atoms with Crippen LogP contribution in [0.3, 0.4) is 0 Å². The van der Waals surface area contributed by atoms with Crippen LogP contribution in [0.2, 0.25) is 0 Å². The van der Waals surface area contributed by atoms with Crippen LogP contribution < -0.4 is 4.74 Å². The summed E-state index contributed by atoms with van der Waals surface area (Å²) in [5.41, 5.74) is 0.126. The van der Waals surface area contributed by atoms with Crippen molar-refractivity contribution in [3.63, 3.8) is 0 Å². The number of aromatic hydroxyl groups is 1. The number of ether oxygens (including phenoxy) is 1. The van der Waals surface area contributed by atoms with E-state index in [-0.39, 0.29) is 23.4 Å². The summed E-state index contributed by atoms with van der Waals surface area (Å²) in [5.74, 6) is 0.403. The fourth-order valence-electron chi connectivity index (χ4n) is 1.83. The Morgan fingerprint density at radius 3 is 2.70 bits per heavy atom. The number of benzene rings is 1. The first-order valence-electron chi connectivity index (χ1n) is 6.10. The maximum Gasteiger partial charge on any atom is 0.353 e. The molecule has 1 N–H and O–H groups in total. The molecule has 0 aliphatic rings. The van der Waals surface area contributed by atoms with Crippen molar-refractivity contribution >= 4 is 5.69 Å². The van der Waals surface area contributed by atoms with E-state index in [1.54, 1.807) is 19.1 Å². The Hall–Kier alpha value is -2.57. The molecule has 0 saturated heterocycles. The van der Waals surface area contributed by atoms with Gasteiger partial charge in [-0.25, -0.2) is 4.68 Å². The Kier molecular flexibility index (Phi) is 3.60. The molecule has 0 spiro atoms. The summed E-state index contributed by atoms with van der Waals surface area (Å²) in [5, 5.41) is 24.7. The van der Waals surface area contributed by atoms with E-state index in [9.17, 15) is 15.2 Å². The van der Waals surface area contributed by atoms with Gasteiger partial charge in [0.05, 0.1) is 11.0 Å². The first kappa shape index (κ1) is 13.9. The lowest BCUT2D eigenvalue weighted by Crippen LogP contribution is -2.05. The standard InChI is InChI=1S/C13H15N3O4/c1-8(2)15-13(12(16(18)19)9(3)14-15)20-11-6-4-5-10(17)7-11/h4-8,17H,1-3H3. The lowest BCUT2D eigenvalue weighted by molar-refractivity contribution is -0.386. The van der Waals surface area contributed by atoms with Crippen LogP contribution in [0.15, 0.2) is 24.3 Å². The van der Waals surface area contributed by atoms with Crippen LogP contribution in [0.1, 0.15) is 25.6 Å². The Morgan fingerprint density at radius 2 is 2.15 bits per heavy atom. The van der Waals surface area contributed by atoms with Gasteiger partial charge in [-0.3, -0.25) is 10.1 Å². The highest BCUT2D eigenvalue weighted by atomic mass is 16.6. The van der Waals surface area contributed by atoms with Gasteiger partial charge in [0.15, 0.2) is 0 Å². The number of hydrogen-bond donors (Lipinski definition) is 1. The number of nitrogens with zero attached hydrogens (tertiary/aromatic N) is 3. The molecule has 20 heavy (non-hydrogen) atoms. The predicted molar refractivity (Wildman–Crippen MR) is 72.2 cm³/mol. The zero-order chi connectivity index (χ0) is 14.9. The van der Waals surface area contributed by atoms with Crippen LogP contribution >= 0.6 is 0 Å². The third-order valence-electron chi connectivity index (χ3n) is 2.71. The van der Waals surface area contributed by atoms with Crippen LogP contribution in [-0.4, -0.2) is 19.8 Å². The second-order valence-corrected chi connectivity index (χ2v) is 4.63. The van der Waals surface area contributed by atoms with Crippen molar-refractivity contribution < 1.29 is 14.8 Å². The Morgan fingerprint density at radius 1 is 1.45 bits per heavy atom. The van der Waals surface area contributed by atoms with Gasteiger partial charge in [0, 0.05) is 6.07 Å². The number of nitro groups is 1. The molecule has 1 heterocycles. The highest BCUT2D eigenvalue weighted by molar-refractivity contribution is 5.48. The van der Waals surface area contributed by atoms with E-state index in [1.807, 2.05) is 13.8 Å². The third kappa shape index (κ3) is 2.56. The van der Waals surface area contributed by atoms with Crippen molar-refractivity contribution in [1.29, 1.82) is 0 Å². The van der Waals surface area contributed by atoms with Crippen molar-refractivity contribution in [1.82, 2.24) is 9.78 Å². The number of hydrogen-bond acceptors (Lipinski definition) is 5. The van der Waals surface area contributed by atoms with Crippen LogP contribution in [-0.2, 0) is 0 Å². The molecule has 2 aromatic rings. The number of rotatable bonds is 4. The smallest absolute Gasteiger partial charge is 0.353 e. The van der Waals surface area contributed by atoms with Crippen LogP contribution in [0.4, 0.5) is 5.69 Å². The van der Waals surface area contributed by atoms with Gasteiger partial charge in [-0.1, -0.05) is 6.07 Å². The highest BCUT2D eigenvalue weighted by Crippen LogP contribution is 2.36. The Balaban J connectivity index is 2.51. The fraction of sp³-hybridized carbons (Fsp3) is 0.308. The third-order valence-corrected chi connectivity index (χ3v) is 2.71. The normalized spacial score (nSPS) is 10.8. The van der Waals surface area contributed by atoms with E-state index in [2.05, 4.69) is 5.10 Å². The van der Waals surface area contributed by atoms with E-state index in [0.29, 0.717) is 11.4 Å². The summed E-state index contributed by atoms with van der Waals surface area (Å²) in [6, 6.07) is 5.99. The molecule has 1 aromatic heterocycles. The minimum atomic E-state index is -0.515. The second kappa shape index (κ2) is 5.20. The zero-order valence-corrected chi connectivity index (χ0v) is 11.4. The zero-order valence-electron chi connectivity index (χ0n) is 11.4. The molecule has 0 atom stereocenters. The molecule has 0 bridgehead atoms. The molecule has 0 saturated carbocycles. The molecule has 0 fully saturated rings. The largest absolute Gasteiger partial charge is 0.508 e. The summed E-state index contributed by atoms with van der Waals surface area (Å²) >= 11 is 0. The van der Waals surface area contributed by atoms with Gasteiger partial charge in [-0.15, -0.1) is 0 Å². The lowest BCUT2D eigenvalue weighted by Gasteiger charge is -2.11. The number of aromatic nitrogens is 2. The van der Waals surface area contributed by atoms with Crippen molar-refractivity contribution in [2.24, 2.45) is 0 Å². The summed E-state index contributed by atoms with van der Waals surface area (Å²) in [7, 11) is 0. The van der Waals surface area contributed by atoms with Gasteiger partial charge in [0.2, 0.25) is 0 Å². The van der Waals surface area contributed by atoms with Gasteiger partial charge in [0.1, 0.15) is 17.2 Å². The summed E-state index contributed by atoms with van der Waals surface area (Å²) in [6.45, 7) is 5.27. The van der Waals surface area contributed by atoms with Crippen LogP contribution in [0.5, 0.6) is 17.4 Å². The first-order valence-corrected chi connectivity index (χ1v) is 6.10. The van der Waals surface area contributed by atoms with Crippen molar-refractivity contribution in [3.8, 4) is 17.4 Å². The molecule has 7 heteroatoms. The monoisotopic (exact) mass is 277 g/mol. The van der Waals surface area contributed by atoms with Gasteiger partial charge in [-0.05, 0) is 32.9 Å². The number of aryl methyl sites for hydroxylation is 1. The first-order chi connectivity index (χ1) is 9.40. The average Bonchev–Trinajstić information content (AvgIpc) is 2.66. The molecule has 0 aliphatic carbocycles. The predicted octanol–water partition coefficient (Wildman–Crippen LogP) is 3.18. The van der Waals surface area contributed by atoms with E-state index < -0.39 is 4.92 Å². The van der Waals surface area contributed by atoms with E-state index in [4.69, 9.17) is 4.74 Å². The maximum atomic E-state index is 11.2. The number of phenolic OH excluding ortho intramolecular Hbond substituents is 1. The molecule has 0 aliphatic heterocycles. The molecule has 7 nitrogen and oxygen atoms in total.